The number of ether oxygens (including phenoxy) is 2. The van der Waals surface area contributed by atoms with Crippen LogP contribution in [0.25, 0.3) is 11.3 Å². The van der Waals surface area contributed by atoms with E-state index in [4.69, 9.17) is 9.47 Å². The molecular formula is C14H16N2O2S. The molecule has 2 aromatic rings. The lowest BCUT2D eigenvalue weighted by atomic mass is 10.1. The van der Waals surface area contributed by atoms with E-state index in [0.717, 1.165) is 40.9 Å². The van der Waals surface area contributed by atoms with Gasteiger partial charge in [0.2, 0.25) is 0 Å². The molecule has 0 spiro atoms. The zero-order valence-corrected chi connectivity index (χ0v) is 11.6. The zero-order chi connectivity index (χ0) is 13.1. The number of rotatable bonds is 3. The number of nitrogens with one attached hydrogen (secondary N) is 1. The van der Waals surface area contributed by atoms with Crippen LogP contribution in [0.15, 0.2) is 23.6 Å². The zero-order valence-electron chi connectivity index (χ0n) is 10.8. The van der Waals surface area contributed by atoms with Gasteiger partial charge in [-0.1, -0.05) is 0 Å². The third kappa shape index (κ3) is 2.66. The number of fused-ring (bicyclic) bond motifs is 1. The average Bonchev–Trinajstić information content (AvgIpc) is 2.76. The van der Waals surface area contributed by atoms with Crippen LogP contribution in [-0.4, -0.2) is 24.7 Å². The summed E-state index contributed by atoms with van der Waals surface area (Å²) in [5.74, 6) is 1.64. The summed E-state index contributed by atoms with van der Waals surface area (Å²) in [4.78, 5) is 4.55. The van der Waals surface area contributed by atoms with Gasteiger partial charge in [-0.15, -0.1) is 11.3 Å². The number of benzene rings is 1. The summed E-state index contributed by atoms with van der Waals surface area (Å²) >= 11 is 1.62. The van der Waals surface area contributed by atoms with Crippen LogP contribution in [0.1, 0.15) is 13.3 Å². The molecule has 4 nitrogen and oxygen atoms in total. The van der Waals surface area contributed by atoms with Crippen molar-refractivity contribution in [2.45, 2.75) is 13.3 Å². The topological polar surface area (TPSA) is 43.4 Å². The minimum Gasteiger partial charge on any atom is -0.490 e. The molecule has 3 rings (SSSR count). The predicted molar refractivity (Wildman–Crippen MR) is 77.3 cm³/mol. The first-order chi connectivity index (χ1) is 9.36. The molecule has 0 bridgehead atoms. The molecule has 2 heterocycles. The summed E-state index contributed by atoms with van der Waals surface area (Å²) in [7, 11) is 0. The Morgan fingerprint density at radius 2 is 2.11 bits per heavy atom. The van der Waals surface area contributed by atoms with E-state index in [1.54, 1.807) is 11.3 Å². The number of aromatic nitrogens is 1. The Labute approximate surface area is 116 Å². The van der Waals surface area contributed by atoms with Crippen LogP contribution in [0, 0.1) is 0 Å². The average molecular weight is 276 g/mol. The fourth-order valence-electron chi connectivity index (χ4n) is 1.96. The lowest BCUT2D eigenvalue weighted by Crippen LogP contribution is -1.97. The van der Waals surface area contributed by atoms with Gasteiger partial charge in [0.1, 0.15) is 0 Å². The molecule has 0 saturated carbocycles. The fourth-order valence-corrected chi connectivity index (χ4v) is 2.75. The van der Waals surface area contributed by atoms with E-state index in [1.165, 1.54) is 0 Å². The van der Waals surface area contributed by atoms with Crippen LogP contribution < -0.4 is 14.8 Å². The maximum atomic E-state index is 5.70. The summed E-state index contributed by atoms with van der Waals surface area (Å²) in [6, 6.07) is 5.99. The molecule has 1 N–H and O–H groups in total. The fraction of sp³-hybridized carbons (Fsp3) is 0.357. The Hall–Kier alpha value is -1.75. The number of hydrogen-bond acceptors (Lipinski definition) is 5. The Balaban J connectivity index is 1.89. The molecule has 0 radical (unpaired) electrons. The third-order valence-corrected chi connectivity index (χ3v) is 3.68. The lowest BCUT2D eigenvalue weighted by molar-refractivity contribution is 0.297. The monoisotopic (exact) mass is 276 g/mol. The SMILES string of the molecule is CCNc1nc(-c2ccc3c(c2)OCCCO3)cs1. The largest absolute Gasteiger partial charge is 0.490 e. The van der Waals surface area contributed by atoms with E-state index < -0.39 is 0 Å². The van der Waals surface area contributed by atoms with Gasteiger partial charge in [-0.3, -0.25) is 0 Å². The Bertz CT molecular complexity index is 568. The van der Waals surface area contributed by atoms with Crippen molar-refractivity contribution >= 4 is 16.5 Å². The highest BCUT2D eigenvalue weighted by Gasteiger charge is 2.12. The van der Waals surface area contributed by atoms with Gasteiger partial charge in [-0.25, -0.2) is 4.98 Å². The Morgan fingerprint density at radius 3 is 2.95 bits per heavy atom. The first-order valence-corrected chi connectivity index (χ1v) is 7.34. The Morgan fingerprint density at radius 1 is 1.26 bits per heavy atom. The van der Waals surface area contributed by atoms with Crippen molar-refractivity contribution < 1.29 is 9.47 Å². The summed E-state index contributed by atoms with van der Waals surface area (Å²) < 4.78 is 11.3. The first-order valence-electron chi connectivity index (χ1n) is 6.46. The molecule has 1 aromatic carbocycles. The third-order valence-electron chi connectivity index (χ3n) is 2.88. The summed E-state index contributed by atoms with van der Waals surface area (Å²) in [6.45, 7) is 4.37. The molecule has 1 aromatic heterocycles. The minimum atomic E-state index is 0.705. The molecule has 0 fully saturated rings. The van der Waals surface area contributed by atoms with Crippen LogP contribution in [0.2, 0.25) is 0 Å². The second-order valence-electron chi connectivity index (χ2n) is 4.28. The smallest absolute Gasteiger partial charge is 0.183 e. The lowest BCUT2D eigenvalue weighted by Gasteiger charge is -2.08. The highest BCUT2D eigenvalue weighted by Crippen LogP contribution is 2.35. The second kappa shape index (κ2) is 5.48. The molecule has 5 heteroatoms. The van der Waals surface area contributed by atoms with Crippen LogP contribution in [0.5, 0.6) is 11.5 Å². The minimum absolute atomic E-state index is 0.705. The standard InChI is InChI=1S/C14H16N2O2S/c1-2-15-14-16-11(9-19-14)10-4-5-12-13(8-10)18-7-3-6-17-12/h4-5,8-9H,2-3,6-7H2,1H3,(H,15,16). The first kappa shape index (κ1) is 12.3. The van der Waals surface area contributed by atoms with Crippen molar-refractivity contribution in [3.8, 4) is 22.8 Å². The predicted octanol–water partition coefficient (Wildman–Crippen LogP) is 3.40. The normalized spacial score (nSPS) is 13.9. The van der Waals surface area contributed by atoms with E-state index >= 15 is 0 Å². The summed E-state index contributed by atoms with van der Waals surface area (Å²) in [6.07, 6.45) is 0.922. The van der Waals surface area contributed by atoms with Crippen LogP contribution in [0.4, 0.5) is 5.13 Å². The number of hydrogen-bond donors (Lipinski definition) is 1. The van der Waals surface area contributed by atoms with Crippen LogP contribution in [-0.2, 0) is 0 Å². The van der Waals surface area contributed by atoms with Gasteiger partial charge in [0.05, 0.1) is 18.9 Å². The van der Waals surface area contributed by atoms with Crippen molar-refractivity contribution in [3.05, 3.63) is 23.6 Å². The van der Waals surface area contributed by atoms with Crippen molar-refractivity contribution in [2.24, 2.45) is 0 Å². The summed E-state index contributed by atoms with van der Waals surface area (Å²) in [5, 5.41) is 6.22. The summed E-state index contributed by atoms with van der Waals surface area (Å²) in [5.41, 5.74) is 2.03. The maximum absolute atomic E-state index is 5.70. The molecule has 100 valence electrons. The maximum Gasteiger partial charge on any atom is 0.183 e. The van der Waals surface area contributed by atoms with Crippen molar-refractivity contribution in [1.82, 2.24) is 4.98 Å². The molecule has 0 atom stereocenters. The molecule has 0 amide bonds. The van der Waals surface area contributed by atoms with Crippen molar-refractivity contribution in [3.63, 3.8) is 0 Å². The van der Waals surface area contributed by atoms with Gasteiger partial charge in [-0.05, 0) is 25.1 Å². The van der Waals surface area contributed by atoms with E-state index in [1.807, 2.05) is 18.2 Å². The highest BCUT2D eigenvalue weighted by atomic mass is 32.1. The number of thiazole rings is 1. The van der Waals surface area contributed by atoms with Gasteiger partial charge in [0.25, 0.3) is 0 Å². The second-order valence-corrected chi connectivity index (χ2v) is 5.14. The van der Waals surface area contributed by atoms with E-state index in [9.17, 15) is 0 Å². The quantitative estimate of drug-likeness (QED) is 0.933. The molecule has 0 aliphatic carbocycles. The number of nitrogens with zero attached hydrogens (tertiary/aromatic N) is 1. The number of anilines is 1. The molecular weight excluding hydrogens is 260 g/mol. The van der Waals surface area contributed by atoms with Gasteiger partial charge in [0.15, 0.2) is 16.6 Å². The molecule has 1 aliphatic heterocycles. The van der Waals surface area contributed by atoms with Gasteiger partial charge >= 0.3 is 0 Å². The van der Waals surface area contributed by atoms with Gasteiger partial charge in [-0.2, -0.15) is 0 Å². The molecule has 0 unspecified atom stereocenters. The van der Waals surface area contributed by atoms with Gasteiger partial charge < -0.3 is 14.8 Å². The molecule has 1 aliphatic rings. The molecule has 0 saturated heterocycles. The van der Waals surface area contributed by atoms with Crippen LogP contribution >= 0.6 is 11.3 Å². The molecule has 19 heavy (non-hydrogen) atoms. The van der Waals surface area contributed by atoms with Crippen LogP contribution in [0.3, 0.4) is 0 Å². The highest BCUT2D eigenvalue weighted by molar-refractivity contribution is 7.14. The van der Waals surface area contributed by atoms with E-state index in [2.05, 4.69) is 22.6 Å². The van der Waals surface area contributed by atoms with E-state index in [0.29, 0.717) is 13.2 Å². The van der Waals surface area contributed by atoms with Gasteiger partial charge in [0, 0.05) is 23.9 Å². The van der Waals surface area contributed by atoms with Crippen molar-refractivity contribution in [1.29, 1.82) is 0 Å². The van der Waals surface area contributed by atoms with Crippen molar-refractivity contribution in [2.75, 3.05) is 25.1 Å². The van der Waals surface area contributed by atoms with E-state index in [-0.39, 0.29) is 0 Å². The Kier molecular flexibility index (Phi) is 3.55.